The summed E-state index contributed by atoms with van der Waals surface area (Å²) >= 11 is 0. The van der Waals surface area contributed by atoms with Gasteiger partial charge in [0.1, 0.15) is 17.2 Å². The van der Waals surface area contributed by atoms with E-state index in [4.69, 9.17) is 9.47 Å². The van der Waals surface area contributed by atoms with Gasteiger partial charge in [-0.2, -0.15) is 0 Å². The minimum atomic E-state index is -3.24. The van der Waals surface area contributed by atoms with Crippen molar-refractivity contribution in [3.05, 3.63) is 84.4 Å². The molecule has 0 heterocycles. The Hall–Kier alpha value is -3.36. The molecule has 0 saturated heterocycles. The van der Waals surface area contributed by atoms with E-state index in [0.29, 0.717) is 17.2 Å². The summed E-state index contributed by atoms with van der Waals surface area (Å²) in [4.78, 5) is 12.1. The summed E-state index contributed by atoms with van der Waals surface area (Å²) in [5.41, 5.74) is 1.45. The van der Waals surface area contributed by atoms with Crippen molar-refractivity contribution in [2.24, 2.45) is 0 Å². The molecule has 162 valence electrons. The summed E-state index contributed by atoms with van der Waals surface area (Å²) in [5.74, 6) is 1.63. The van der Waals surface area contributed by atoms with Gasteiger partial charge in [0, 0.05) is 19.3 Å². The number of nitrogens with one attached hydrogen (secondary N) is 1. The second-order valence-electron chi connectivity index (χ2n) is 6.94. The molecule has 8 heteroatoms. The fraction of sp³-hybridized carbons (Fsp3) is 0.174. The Labute approximate surface area is 182 Å². The summed E-state index contributed by atoms with van der Waals surface area (Å²) in [6.45, 7) is 0.119. The van der Waals surface area contributed by atoms with E-state index >= 15 is 0 Å². The summed E-state index contributed by atoms with van der Waals surface area (Å²) < 4.78 is 35.4. The number of ether oxygens (including phenoxy) is 2. The molecular weight excluding hydrogens is 416 g/mol. The van der Waals surface area contributed by atoms with Crippen LogP contribution in [0.3, 0.4) is 0 Å². The van der Waals surface area contributed by atoms with Gasteiger partial charge in [0.2, 0.25) is 10.0 Å². The monoisotopic (exact) mass is 440 g/mol. The van der Waals surface area contributed by atoms with Crippen LogP contribution in [0.1, 0.15) is 5.56 Å². The molecule has 0 bridgehead atoms. The van der Waals surface area contributed by atoms with E-state index < -0.39 is 10.0 Å². The first-order valence-electron chi connectivity index (χ1n) is 9.55. The maximum atomic E-state index is 12.1. The molecule has 0 unspecified atom stereocenters. The molecule has 31 heavy (non-hydrogen) atoms. The number of rotatable bonds is 9. The lowest BCUT2D eigenvalue weighted by Crippen LogP contribution is -2.24. The van der Waals surface area contributed by atoms with Gasteiger partial charge >= 0.3 is 0 Å². The van der Waals surface area contributed by atoms with E-state index in [0.717, 1.165) is 17.6 Å². The van der Waals surface area contributed by atoms with Gasteiger partial charge in [-0.25, -0.2) is 12.7 Å². The van der Waals surface area contributed by atoms with Crippen LogP contribution in [0.2, 0.25) is 0 Å². The van der Waals surface area contributed by atoms with Crippen molar-refractivity contribution in [3.63, 3.8) is 0 Å². The van der Waals surface area contributed by atoms with Gasteiger partial charge < -0.3 is 14.8 Å². The molecule has 0 radical (unpaired) electrons. The molecule has 0 aliphatic rings. The van der Waals surface area contributed by atoms with Crippen molar-refractivity contribution >= 4 is 21.6 Å². The molecule has 7 nitrogen and oxygen atoms in total. The highest BCUT2D eigenvalue weighted by molar-refractivity contribution is 7.88. The molecule has 1 amide bonds. The lowest BCUT2D eigenvalue weighted by molar-refractivity contribution is -0.118. The lowest BCUT2D eigenvalue weighted by Gasteiger charge is -2.14. The fourth-order valence-corrected chi connectivity index (χ4v) is 3.03. The van der Waals surface area contributed by atoms with Crippen LogP contribution in [0.25, 0.3) is 0 Å². The van der Waals surface area contributed by atoms with E-state index in [-0.39, 0.29) is 19.1 Å². The third-order valence-corrected chi connectivity index (χ3v) is 5.64. The molecular formula is C23H24N2O5S. The second kappa shape index (κ2) is 10.1. The van der Waals surface area contributed by atoms with Gasteiger partial charge in [-0.3, -0.25) is 4.79 Å². The van der Waals surface area contributed by atoms with Crippen LogP contribution in [0.15, 0.2) is 78.9 Å². The molecule has 0 aliphatic carbocycles. The molecule has 0 fully saturated rings. The standard InChI is InChI=1S/C23H24N2O5S/c1-25(31(2,27)28)16-18-8-12-20(13-9-18)29-17-23(26)24-19-10-14-22(15-11-19)30-21-6-4-3-5-7-21/h3-15H,16-17H2,1-2H3,(H,24,26). The summed E-state index contributed by atoms with van der Waals surface area (Å²) in [5, 5.41) is 2.76. The number of para-hydroxylation sites is 1. The van der Waals surface area contributed by atoms with Crippen molar-refractivity contribution in [1.29, 1.82) is 0 Å². The van der Waals surface area contributed by atoms with Crippen LogP contribution in [0.4, 0.5) is 5.69 Å². The Kier molecular flexibility index (Phi) is 7.28. The number of carbonyl (C=O) groups is 1. The first-order valence-corrected chi connectivity index (χ1v) is 11.4. The Morgan fingerprint density at radius 3 is 2.06 bits per heavy atom. The summed E-state index contributed by atoms with van der Waals surface area (Å²) in [6, 6.07) is 23.4. The molecule has 3 aromatic rings. The molecule has 0 aromatic heterocycles. The van der Waals surface area contributed by atoms with Gasteiger partial charge in [-0.15, -0.1) is 0 Å². The normalized spacial score (nSPS) is 11.2. The maximum absolute atomic E-state index is 12.1. The Morgan fingerprint density at radius 2 is 1.45 bits per heavy atom. The van der Waals surface area contributed by atoms with Gasteiger partial charge in [0.15, 0.2) is 6.61 Å². The SMILES string of the molecule is CN(Cc1ccc(OCC(=O)Nc2ccc(Oc3ccccc3)cc2)cc1)S(C)(=O)=O. The van der Waals surface area contributed by atoms with Gasteiger partial charge in [-0.05, 0) is 54.1 Å². The van der Waals surface area contributed by atoms with Crippen LogP contribution in [-0.2, 0) is 21.4 Å². The second-order valence-corrected chi connectivity index (χ2v) is 9.03. The van der Waals surface area contributed by atoms with Crippen molar-refractivity contribution in [2.75, 3.05) is 25.2 Å². The molecule has 0 atom stereocenters. The Balaban J connectivity index is 1.46. The fourth-order valence-electron chi connectivity index (χ4n) is 2.64. The first kappa shape index (κ1) is 22.3. The predicted molar refractivity (Wildman–Crippen MR) is 120 cm³/mol. The highest BCUT2D eigenvalue weighted by atomic mass is 32.2. The van der Waals surface area contributed by atoms with Gasteiger partial charge in [0.25, 0.3) is 5.91 Å². The maximum Gasteiger partial charge on any atom is 0.262 e. The first-order chi connectivity index (χ1) is 14.8. The lowest BCUT2D eigenvalue weighted by atomic mass is 10.2. The minimum absolute atomic E-state index is 0.148. The van der Waals surface area contributed by atoms with Crippen LogP contribution in [0.5, 0.6) is 17.2 Å². The quantitative estimate of drug-likeness (QED) is 0.546. The van der Waals surface area contributed by atoms with E-state index in [1.807, 2.05) is 30.3 Å². The third-order valence-electron chi connectivity index (χ3n) is 4.38. The van der Waals surface area contributed by atoms with Crippen LogP contribution < -0.4 is 14.8 Å². The molecule has 3 aromatic carbocycles. The number of anilines is 1. The highest BCUT2D eigenvalue weighted by Gasteiger charge is 2.11. The van der Waals surface area contributed by atoms with E-state index in [2.05, 4.69) is 5.32 Å². The number of sulfonamides is 1. The molecule has 0 saturated carbocycles. The van der Waals surface area contributed by atoms with Gasteiger partial charge in [0.05, 0.1) is 6.26 Å². The van der Waals surface area contributed by atoms with Crippen LogP contribution in [0, 0.1) is 0 Å². The average Bonchev–Trinajstić information content (AvgIpc) is 2.75. The number of nitrogens with zero attached hydrogens (tertiary/aromatic N) is 1. The smallest absolute Gasteiger partial charge is 0.262 e. The zero-order valence-corrected chi connectivity index (χ0v) is 18.1. The summed E-state index contributed by atoms with van der Waals surface area (Å²) in [7, 11) is -1.72. The minimum Gasteiger partial charge on any atom is -0.484 e. The topological polar surface area (TPSA) is 84.9 Å². The van der Waals surface area contributed by atoms with Crippen molar-refractivity contribution in [2.45, 2.75) is 6.54 Å². The molecule has 1 N–H and O–H groups in total. The van der Waals surface area contributed by atoms with Crippen molar-refractivity contribution < 1.29 is 22.7 Å². The number of hydrogen-bond acceptors (Lipinski definition) is 5. The van der Waals surface area contributed by atoms with E-state index in [1.54, 1.807) is 48.5 Å². The summed E-state index contributed by atoms with van der Waals surface area (Å²) in [6.07, 6.45) is 1.16. The van der Waals surface area contributed by atoms with Crippen LogP contribution in [-0.4, -0.2) is 38.5 Å². The molecule has 0 aliphatic heterocycles. The van der Waals surface area contributed by atoms with Crippen molar-refractivity contribution in [1.82, 2.24) is 4.31 Å². The number of benzene rings is 3. The Bertz CT molecular complexity index is 1100. The van der Waals surface area contributed by atoms with E-state index in [9.17, 15) is 13.2 Å². The highest BCUT2D eigenvalue weighted by Crippen LogP contribution is 2.22. The van der Waals surface area contributed by atoms with Crippen LogP contribution >= 0.6 is 0 Å². The van der Waals surface area contributed by atoms with Gasteiger partial charge in [-0.1, -0.05) is 30.3 Å². The third kappa shape index (κ3) is 7.13. The Morgan fingerprint density at radius 1 is 0.871 bits per heavy atom. The molecule has 0 spiro atoms. The number of hydrogen-bond donors (Lipinski definition) is 1. The number of carbonyl (C=O) groups excluding carboxylic acids is 1. The predicted octanol–water partition coefficient (Wildman–Crippen LogP) is 3.89. The van der Waals surface area contributed by atoms with Crippen molar-refractivity contribution in [3.8, 4) is 17.2 Å². The zero-order valence-electron chi connectivity index (χ0n) is 17.3. The molecule has 3 rings (SSSR count). The number of amides is 1. The average molecular weight is 441 g/mol. The zero-order chi connectivity index (χ0) is 22.3. The van der Waals surface area contributed by atoms with E-state index in [1.165, 1.54) is 11.4 Å². The largest absolute Gasteiger partial charge is 0.484 e.